The van der Waals surface area contributed by atoms with Crippen LogP contribution in [0.5, 0.6) is 0 Å². The van der Waals surface area contributed by atoms with Crippen molar-refractivity contribution in [3.8, 4) is 0 Å². The van der Waals surface area contributed by atoms with Crippen molar-refractivity contribution in [1.29, 1.82) is 0 Å². The van der Waals surface area contributed by atoms with E-state index in [4.69, 9.17) is 11.6 Å². The average Bonchev–Trinajstić information content (AvgIpc) is 2.72. The highest BCUT2D eigenvalue weighted by atomic mass is 35.5. The van der Waals surface area contributed by atoms with Gasteiger partial charge >= 0.3 is 0 Å². The van der Waals surface area contributed by atoms with Gasteiger partial charge in [-0.1, -0.05) is 53.6 Å². The molecule has 7 heteroatoms. The fourth-order valence-electron chi connectivity index (χ4n) is 3.16. The molecule has 0 bridgehead atoms. The van der Waals surface area contributed by atoms with Gasteiger partial charge in [0.15, 0.2) is 0 Å². The maximum Gasteiger partial charge on any atom is 0.263 e. The van der Waals surface area contributed by atoms with Crippen molar-refractivity contribution >= 4 is 33.2 Å². The van der Waals surface area contributed by atoms with Crippen molar-refractivity contribution in [1.82, 2.24) is 4.90 Å². The lowest BCUT2D eigenvalue weighted by molar-refractivity contribution is 0.0785. The van der Waals surface area contributed by atoms with Gasteiger partial charge in [-0.05, 0) is 61.7 Å². The minimum atomic E-state index is -3.98. The first-order valence-electron chi connectivity index (χ1n) is 9.78. The highest BCUT2D eigenvalue weighted by Gasteiger charge is 2.22. The van der Waals surface area contributed by atoms with Crippen LogP contribution in [0.2, 0.25) is 5.02 Å². The Balaban J connectivity index is 1.87. The summed E-state index contributed by atoms with van der Waals surface area (Å²) in [5.74, 6) is -0.291. The fraction of sp³-hybridized carbons (Fsp3) is 0.208. The number of benzene rings is 3. The smallest absolute Gasteiger partial charge is 0.263 e. The van der Waals surface area contributed by atoms with Crippen LogP contribution >= 0.6 is 11.6 Å². The molecule has 3 rings (SSSR count). The Kier molecular flexibility index (Phi) is 6.72. The normalized spacial score (nSPS) is 11.3. The molecule has 0 saturated carbocycles. The number of amides is 1. The topological polar surface area (TPSA) is 66.5 Å². The number of rotatable bonds is 6. The van der Waals surface area contributed by atoms with E-state index in [0.717, 1.165) is 22.3 Å². The summed E-state index contributed by atoms with van der Waals surface area (Å²) in [6, 6.07) is 17.6. The van der Waals surface area contributed by atoms with Crippen LogP contribution in [0.4, 0.5) is 5.69 Å². The van der Waals surface area contributed by atoms with E-state index in [-0.39, 0.29) is 21.4 Å². The van der Waals surface area contributed by atoms with Crippen molar-refractivity contribution in [2.75, 3.05) is 11.8 Å². The first-order valence-corrected chi connectivity index (χ1v) is 11.6. The Labute approximate surface area is 188 Å². The molecule has 5 nitrogen and oxygen atoms in total. The zero-order chi connectivity index (χ0) is 22.8. The monoisotopic (exact) mass is 456 g/mol. The molecule has 3 aromatic rings. The Morgan fingerprint density at radius 1 is 1.00 bits per heavy atom. The summed E-state index contributed by atoms with van der Waals surface area (Å²) in [5.41, 5.74) is 4.64. The third-order valence-electron chi connectivity index (χ3n) is 5.20. The lowest BCUT2D eigenvalue weighted by Crippen LogP contribution is -2.26. The first kappa shape index (κ1) is 22.8. The number of anilines is 1. The highest BCUT2D eigenvalue weighted by Crippen LogP contribution is 2.27. The third-order valence-corrected chi connectivity index (χ3v) is 7.05. The number of hydrogen-bond acceptors (Lipinski definition) is 3. The van der Waals surface area contributed by atoms with E-state index in [1.54, 1.807) is 24.1 Å². The van der Waals surface area contributed by atoms with Gasteiger partial charge in [-0.2, -0.15) is 0 Å². The molecule has 0 aliphatic rings. The second-order valence-electron chi connectivity index (χ2n) is 7.64. The van der Waals surface area contributed by atoms with Gasteiger partial charge in [0.05, 0.1) is 10.7 Å². The van der Waals surface area contributed by atoms with Gasteiger partial charge in [0, 0.05) is 19.2 Å². The standard InChI is InChI=1S/C24H25ClN2O3S/c1-16-8-10-19(11-9-16)15-27(4)24(28)20-12-13-21(25)23(14-20)31(29,30)26-22-7-5-6-17(2)18(22)3/h5-14,26H,15H2,1-4H3. The predicted octanol–water partition coefficient (Wildman–Crippen LogP) is 5.34. The summed E-state index contributed by atoms with van der Waals surface area (Å²) < 4.78 is 28.7. The van der Waals surface area contributed by atoms with Crippen molar-refractivity contribution < 1.29 is 13.2 Å². The van der Waals surface area contributed by atoms with Gasteiger partial charge in [-0.15, -0.1) is 0 Å². The quantitative estimate of drug-likeness (QED) is 0.544. The van der Waals surface area contributed by atoms with Gasteiger partial charge in [0.1, 0.15) is 4.90 Å². The van der Waals surface area contributed by atoms with Gasteiger partial charge in [-0.25, -0.2) is 8.42 Å². The second kappa shape index (κ2) is 9.12. The number of carbonyl (C=O) groups is 1. The SMILES string of the molecule is Cc1ccc(CN(C)C(=O)c2ccc(Cl)c(S(=O)(=O)Nc3cccc(C)c3C)c2)cc1. The van der Waals surface area contributed by atoms with E-state index in [0.29, 0.717) is 12.2 Å². The summed E-state index contributed by atoms with van der Waals surface area (Å²) in [6.45, 7) is 6.16. The van der Waals surface area contributed by atoms with Crippen LogP contribution in [-0.4, -0.2) is 26.3 Å². The lowest BCUT2D eigenvalue weighted by atomic mass is 10.1. The fourth-order valence-corrected chi connectivity index (χ4v) is 4.81. The highest BCUT2D eigenvalue weighted by molar-refractivity contribution is 7.92. The van der Waals surface area contributed by atoms with Crippen LogP contribution in [0.1, 0.15) is 32.6 Å². The van der Waals surface area contributed by atoms with Crippen molar-refractivity contribution in [2.45, 2.75) is 32.2 Å². The molecule has 0 radical (unpaired) electrons. The summed E-state index contributed by atoms with van der Waals surface area (Å²) in [4.78, 5) is 14.3. The number of nitrogens with zero attached hydrogens (tertiary/aromatic N) is 1. The third kappa shape index (κ3) is 5.27. The van der Waals surface area contributed by atoms with E-state index in [1.165, 1.54) is 18.2 Å². The molecule has 0 fully saturated rings. The first-order chi connectivity index (χ1) is 14.6. The zero-order valence-electron chi connectivity index (χ0n) is 17.9. The minimum absolute atomic E-state index is 0.0514. The van der Waals surface area contributed by atoms with E-state index in [2.05, 4.69) is 4.72 Å². The molecule has 162 valence electrons. The summed E-state index contributed by atoms with van der Waals surface area (Å²) in [6.07, 6.45) is 0. The van der Waals surface area contributed by atoms with Crippen molar-refractivity contribution in [2.24, 2.45) is 0 Å². The van der Waals surface area contributed by atoms with E-state index in [9.17, 15) is 13.2 Å². The molecule has 0 spiro atoms. The van der Waals surface area contributed by atoms with Crippen LogP contribution in [0.25, 0.3) is 0 Å². The Morgan fingerprint density at radius 3 is 2.35 bits per heavy atom. The lowest BCUT2D eigenvalue weighted by Gasteiger charge is -2.19. The molecule has 0 saturated heterocycles. The maximum atomic E-state index is 13.0. The van der Waals surface area contributed by atoms with E-state index in [1.807, 2.05) is 51.1 Å². The van der Waals surface area contributed by atoms with Crippen LogP contribution in [0, 0.1) is 20.8 Å². The molecule has 0 atom stereocenters. The van der Waals surface area contributed by atoms with Gasteiger partial charge in [0.25, 0.3) is 15.9 Å². The van der Waals surface area contributed by atoms with Crippen molar-refractivity contribution in [3.63, 3.8) is 0 Å². The molecule has 0 unspecified atom stereocenters. The number of aryl methyl sites for hydroxylation is 2. The second-order valence-corrected chi connectivity index (χ2v) is 9.70. The van der Waals surface area contributed by atoms with Gasteiger partial charge in [-0.3, -0.25) is 9.52 Å². The molecule has 0 aliphatic carbocycles. The number of carbonyl (C=O) groups excluding carboxylic acids is 1. The van der Waals surface area contributed by atoms with Gasteiger partial charge in [0.2, 0.25) is 0 Å². The molecular weight excluding hydrogens is 432 g/mol. The molecule has 0 heterocycles. The number of halogens is 1. The predicted molar refractivity (Wildman–Crippen MR) is 125 cm³/mol. The number of nitrogens with one attached hydrogen (secondary N) is 1. The van der Waals surface area contributed by atoms with Gasteiger partial charge < -0.3 is 4.90 Å². The number of sulfonamides is 1. The van der Waals surface area contributed by atoms with Crippen LogP contribution in [0.3, 0.4) is 0 Å². The van der Waals surface area contributed by atoms with Crippen LogP contribution in [-0.2, 0) is 16.6 Å². The van der Waals surface area contributed by atoms with Crippen LogP contribution in [0.15, 0.2) is 65.6 Å². The molecule has 31 heavy (non-hydrogen) atoms. The van der Waals surface area contributed by atoms with E-state index < -0.39 is 10.0 Å². The summed E-state index contributed by atoms with van der Waals surface area (Å²) in [5, 5.41) is 0.0514. The molecule has 3 aromatic carbocycles. The maximum absolute atomic E-state index is 13.0. The Hall–Kier alpha value is -2.83. The minimum Gasteiger partial charge on any atom is -0.337 e. The average molecular weight is 457 g/mol. The zero-order valence-corrected chi connectivity index (χ0v) is 19.5. The van der Waals surface area contributed by atoms with E-state index >= 15 is 0 Å². The molecule has 0 aromatic heterocycles. The number of hydrogen-bond donors (Lipinski definition) is 1. The Bertz CT molecular complexity index is 1220. The largest absolute Gasteiger partial charge is 0.337 e. The Morgan fingerprint density at radius 2 is 1.68 bits per heavy atom. The molecule has 0 aliphatic heterocycles. The summed E-state index contributed by atoms with van der Waals surface area (Å²) >= 11 is 6.20. The molecule has 1 N–H and O–H groups in total. The van der Waals surface area contributed by atoms with Crippen LogP contribution < -0.4 is 4.72 Å². The van der Waals surface area contributed by atoms with Crippen molar-refractivity contribution in [3.05, 3.63) is 93.5 Å². The molecular formula is C24H25ClN2O3S. The molecule has 1 amide bonds. The summed E-state index contributed by atoms with van der Waals surface area (Å²) in [7, 11) is -2.30.